The summed E-state index contributed by atoms with van der Waals surface area (Å²) in [6.45, 7) is 5.84. The van der Waals surface area contributed by atoms with E-state index >= 15 is 0 Å². The van der Waals surface area contributed by atoms with Crippen molar-refractivity contribution in [3.63, 3.8) is 0 Å². The van der Waals surface area contributed by atoms with Crippen LogP contribution in [0.1, 0.15) is 52.9 Å². The van der Waals surface area contributed by atoms with E-state index in [1.165, 1.54) is 32.1 Å². The molecule has 1 nitrogen and oxygen atoms in total. The van der Waals surface area contributed by atoms with E-state index < -0.39 is 0 Å². The predicted octanol–water partition coefficient (Wildman–Crippen LogP) is 3.74. The van der Waals surface area contributed by atoms with Crippen molar-refractivity contribution in [3.05, 3.63) is 11.6 Å². The van der Waals surface area contributed by atoms with Gasteiger partial charge in [0.25, 0.3) is 0 Å². The third-order valence-corrected chi connectivity index (χ3v) is 3.46. The van der Waals surface area contributed by atoms with Crippen LogP contribution in [0.3, 0.4) is 0 Å². The zero-order valence-corrected chi connectivity index (χ0v) is 9.68. The zero-order valence-electron chi connectivity index (χ0n) is 9.68. The summed E-state index contributed by atoms with van der Waals surface area (Å²) in [6.07, 6.45) is 9.02. The Labute approximate surface area is 87.6 Å². The van der Waals surface area contributed by atoms with Gasteiger partial charge in [0.05, 0.1) is 0 Å². The highest BCUT2D eigenvalue weighted by Gasteiger charge is 2.18. The summed E-state index contributed by atoms with van der Waals surface area (Å²) in [4.78, 5) is 11.1. The summed E-state index contributed by atoms with van der Waals surface area (Å²) in [6, 6.07) is 0. The number of hydrogen-bond donors (Lipinski definition) is 0. The van der Waals surface area contributed by atoms with Gasteiger partial charge in [0.15, 0.2) is 5.78 Å². The smallest absolute Gasteiger partial charge is 0.155 e. The van der Waals surface area contributed by atoms with Crippen LogP contribution in [0, 0.1) is 11.8 Å². The minimum absolute atomic E-state index is 0.215. The largest absolute Gasteiger partial charge is 0.295 e. The molecule has 1 heteroatoms. The predicted molar refractivity (Wildman–Crippen MR) is 60.2 cm³/mol. The molecule has 1 fully saturated rings. The molecule has 1 aliphatic carbocycles. The van der Waals surface area contributed by atoms with Crippen molar-refractivity contribution in [2.75, 3.05) is 0 Å². The van der Waals surface area contributed by atoms with Gasteiger partial charge in [0.1, 0.15) is 0 Å². The zero-order chi connectivity index (χ0) is 10.6. The Bertz CT molecular complexity index is 221. The highest BCUT2D eigenvalue weighted by atomic mass is 16.1. The molecular weight excluding hydrogens is 172 g/mol. The SMILES string of the molecule is CC(=O)/C(C)=C\C(C)C1CCCCC1. The van der Waals surface area contributed by atoms with E-state index in [0.29, 0.717) is 5.92 Å². The quantitative estimate of drug-likeness (QED) is 0.625. The molecule has 1 atom stereocenters. The topological polar surface area (TPSA) is 17.1 Å². The minimum atomic E-state index is 0.215. The van der Waals surface area contributed by atoms with E-state index in [0.717, 1.165) is 11.5 Å². The first-order chi connectivity index (χ1) is 6.61. The van der Waals surface area contributed by atoms with E-state index in [1.54, 1.807) is 6.92 Å². The molecule has 0 aromatic rings. The molecule has 0 heterocycles. The second-order valence-corrected chi connectivity index (χ2v) is 4.66. The van der Waals surface area contributed by atoms with E-state index in [-0.39, 0.29) is 5.78 Å². The first-order valence-electron chi connectivity index (χ1n) is 5.80. The minimum Gasteiger partial charge on any atom is -0.295 e. The summed E-state index contributed by atoms with van der Waals surface area (Å²) in [5.41, 5.74) is 0.933. The van der Waals surface area contributed by atoms with Crippen LogP contribution < -0.4 is 0 Å². The van der Waals surface area contributed by atoms with Crippen molar-refractivity contribution < 1.29 is 4.79 Å². The third-order valence-electron chi connectivity index (χ3n) is 3.46. The van der Waals surface area contributed by atoms with Crippen LogP contribution in [0.15, 0.2) is 11.6 Å². The summed E-state index contributed by atoms with van der Waals surface area (Å²) >= 11 is 0. The lowest BCUT2D eigenvalue weighted by Gasteiger charge is -2.25. The van der Waals surface area contributed by atoms with E-state index in [1.807, 2.05) is 6.92 Å². The number of carbonyl (C=O) groups excluding carboxylic acids is 1. The fourth-order valence-electron chi connectivity index (χ4n) is 2.31. The molecule has 0 amide bonds. The molecule has 0 aromatic heterocycles. The lowest BCUT2D eigenvalue weighted by Crippen LogP contribution is -2.14. The maximum atomic E-state index is 11.1. The molecule has 1 unspecified atom stereocenters. The fraction of sp³-hybridized carbons (Fsp3) is 0.769. The van der Waals surface area contributed by atoms with Gasteiger partial charge >= 0.3 is 0 Å². The molecule has 0 saturated heterocycles. The Morgan fingerprint density at radius 3 is 2.29 bits per heavy atom. The Kier molecular flexibility index (Phi) is 4.37. The van der Waals surface area contributed by atoms with Crippen LogP contribution in [0.4, 0.5) is 0 Å². The van der Waals surface area contributed by atoms with Crippen molar-refractivity contribution in [1.82, 2.24) is 0 Å². The number of rotatable bonds is 3. The van der Waals surface area contributed by atoms with Crippen LogP contribution in [-0.2, 0) is 4.79 Å². The second kappa shape index (κ2) is 5.33. The van der Waals surface area contributed by atoms with Gasteiger partial charge in [-0.2, -0.15) is 0 Å². The summed E-state index contributed by atoms with van der Waals surface area (Å²) in [5, 5.41) is 0. The lowest BCUT2D eigenvalue weighted by atomic mass is 9.80. The summed E-state index contributed by atoms with van der Waals surface area (Å²) in [7, 11) is 0. The van der Waals surface area contributed by atoms with Gasteiger partial charge in [-0.25, -0.2) is 0 Å². The van der Waals surface area contributed by atoms with Crippen LogP contribution in [0.25, 0.3) is 0 Å². The van der Waals surface area contributed by atoms with E-state index in [9.17, 15) is 4.79 Å². The highest BCUT2D eigenvalue weighted by molar-refractivity contribution is 5.92. The molecule has 0 radical (unpaired) electrons. The van der Waals surface area contributed by atoms with Gasteiger partial charge < -0.3 is 0 Å². The second-order valence-electron chi connectivity index (χ2n) is 4.66. The number of Topliss-reactive ketones (excluding diaryl/α,β-unsaturated/α-hetero) is 1. The van der Waals surface area contributed by atoms with E-state index in [2.05, 4.69) is 13.0 Å². The molecule has 80 valence electrons. The number of allylic oxidation sites excluding steroid dienone is 2. The Balaban J connectivity index is 2.51. The molecule has 1 aliphatic rings. The molecule has 1 rings (SSSR count). The van der Waals surface area contributed by atoms with Crippen molar-refractivity contribution in [2.45, 2.75) is 52.9 Å². The monoisotopic (exact) mass is 194 g/mol. The van der Waals surface area contributed by atoms with Crippen LogP contribution >= 0.6 is 0 Å². The number of hydrogen-bond acceptors (Lipinski definition) is 1. The lowest BCUT2D eigenvalue weighted by molar-refractivity contribution is -0.113. The molecule has 0 N–H and O–H groups in total. The van der Waals surface area contributed by atoms with Gasteiger partial charge in [-0.05, 0) is 44.1 Å². The first-order valence-corrected chi connectivity index (χ1v) is 5.80. The van der Waals surface area contributed by atoms with Crippen LogP contribution in [0.2, 0.25) is 0 Å². The third kappa shape index (κ3) is 3.28. The average Bonchev–Trinajstić information content (AvgIpc) is 2.19. The van der Waals surface area contributed by atoms with Gasteiger partial charge in [-0.1, -0.05) is 32.3 Å². The van der Waals surface area contributed by atoms with Crippen molar-refractivity contribution >= 4 is 5.78 Å². The van der Waals surface area contributed by atoms with Crippen LogP contribution in [0.5, 0.6) is 0 Å². The Hall–Kier alpha value is -0.590. The summed E-state index contributed by atoms with van der Waals surface area (Å²) < 4.78 is 0. The maximum absolute atomic E-state index is 11.1. The Morgan fingerprint density at radius 2 is 1.79 bits per heavy atom. The van der Waals surface area contributed by atoms with Crippen molar-refractivity contribution in [2.24, 2.45) is 11.8 Å². The molecule has 0 aliphatic heterocycles. The maximum Gasteiger partial charge on any atom is 0.155 e. The molecule has 0 aromatic carbocycles. The van der Waals surface area contributed by atoms with Crippen molar-refractivity contribution in [3.8, 4) is 0 Å². The van der Waals surface area contributed by atoms with E-state index in [4.69, 9.17) is 0 Å². The van der Waals surface area contributed by atoms with Gasteiger partial charge in [-0.15, -0.1) is 0 Å². The number of ketones is 1. The molecule has 0 bridgehead atoms. The first kappa shape index (κ1) is 11.5. The van der Waals surface area contributed by atoms with Gasteiger partial charge in [-0.3, -0.25) is 4.79 Å². The van der Waals surface area contributed by atoms with Crippen molar-refractivity contribution in [1.29, 1.82) is 0 Å². The van der Waals surface area contributed by atoms with Gasteiger partial charge in [0, 0.05) is 0 Å². The summed E-state index contributed by atoms with van der Waals surface area (Å²) in [5.74, 6) is 1.62. The molecule has 0 spiro atoms. The molecular formula is C13H22O. The normalized spacial score (nSPS) is 22.1. The van der Waals surface area contributed by atoms with Gasteiger partial charge in [0.2, 0.25) is 0 Å². The number of carbonyl (C=O) groups is 1. The molecule has 14 heavy (non-hydrogen) atoms. The standard InChI is InChI=1S/C13H22O/c1-10(12(3)14)9-11(2)13-7-5-4-6-8-13/h9,11,13H,4-8H2,1-3H3/b10-9-. The van der Waals surface area contributed by atoms with Crippen LogP contribution in [-0.4, -0.2) is 5.78 Å². The average molecular weight is 194 g/mol. The Morgan fingerprint density at radius 1 is 1.21 bits per heavy atom. The molecule has 1 saturated carbocycles. The highest BCUT2D eigenvalue weighted by Crippen LogP contribution is 2.30. The fourth-order valence-corrected chi connectivity index (χ4v) is 2.31.